The fraction of sp³-hybridized carbons (Fsp3) is 0.667. The largest absolute Gasteiger partial charge is 0.378 e. The molecule has 0 N–H and O–H groups in total. The van der Waals surface area contributed by atoms with Crippen LogP contribution in [-0.2, 0) is 11.2 Å². The summed E-state index contributed by atoms with van der Waals surface area (Å²) in [4.78, 5) is 20.4. The highest BCUT2D eigenvalue weighted by molar-refractivity contribution is 5.50. The number of rotatable bonds is 5. The third-order valence-corrected chi connectivity index (χ3v) is 5.32. The summed E-state index contributed by atoms with van der Waals surface area (Å²) in [6.45, 7) is 11.1. The van der Waals surface area contributed by atoms with Crippen molar-refractivity contribution in [3.63, 3.8) is 0 Å². The zero-order valence-electron chi connectivity index (χ0n) is 16.0. The molecule has 0 aromatic carbocycles. The summed E-state index contributed by atoms with van der Waals surface area (Å²) in [5.41, 5.74) is 0. The van der Waals surface area contributed by atoms with Crippen LogP contribution in [0.3, 0.4) is 0 Å². The molecular weight excluding hydrogens is 346 g/mol. The second kappa shape index (κ2) is 8.18. The Morgan fingerprint density at radius 1 is 1.00 bits per heavy atom. The first-order chi connectivity index (χ1) is 13.2. The van der Waals surface area contributed by atoms with Gasteiger partial charge in [-0.15, -0.1) is 0 Å². The first kappa shape index (κ1) is 18.1. The van der Waals surface area contributed by atoms with Gasteiger partial charge in [0.2, 0.25) is 5.89 Å². The predicted molar refractivity (Wildman–Crippen MR) is 101 cm³/mol. The van der Waals surface area contributed by atoms with Gasteiger partial charge in [-0.05, 0) is 6.92 Å². The molecule has 2 aliphatic heterocycles. The minimum atomic E-state index is 0.134. The van der Waals surface area contributed by atoms with Gasteiger partial charge in [0.15, 0.2) is 5.82 Å². The highest BCUT2D eigenvalue weighted by Gasteiger charge is 2.26. The monoisotopic (exact) mass is 373 g/mol. The summed E-state index contributed by atoms with van der Waals surface area (Å²) in [5, 5.41) is 4.01. The fourth-order valence-electron chi connectivity index (χ4n) is 3.55. The zero-order valence-corrected chi connectivity index (χ0v) is 16.0. The van der Waals surface area contributed by atoms with Gasteiger partial charge in [-0.2, -0.15) is 4.98 Å². The molecular formula is C18H27N7O2. The average Bonchev–Trinajstić information content (AvgIpc) is 3.23. The van der Waals surface area contributed by atoms with E-state index in [0.717, 1.165) is 76.4 Å². The van der Waals surface area contributed by atoms with Gasteiger partial charge >= 0.3 is 0 Å². The molecule has 2 fully saturated rings. The van der Waals surface area contributed by atoms with E-state index < -0.39 is 0 Å². The number of piperazine rings is 1. The van der Waals surface area contributed by atoms with Gasteiger partial charge in [0.25, 0.3) is 0 Å². The van der Waals surface area contributed by atoms with Crippen LogP contribution in [0.2, 0.25) is 0 Å². The highest BCUT2D eigenvalue weighted by atomic mass is 16.5. The molecule has 1 unspecified atom stereocenters. The van der Waals surface area contributed by atoms with Gasteiger partial charge in [-0.3, -0.25) is 4.90 Å². The Kier molecular flexibility index (Phi) is 5.49. The average molecular weight is 373 g/mol. The number of ether oxygens (including phenoxy) is 1. The van der Waals surface area contributed by atoms with Crippen LogP contribution >= 0.6 is 0 Å². The number of nitrogens with zero attached hydrogens (tertiary/aromatic N) is 7. The summed E-state index contributed by atoms with van der Waals surface area (Å²) in [7, 11) is 0. The van der Waals surface area contributed by atoms with Crippen LogP contribution in [0, 0.1) is 0 Å². The number of hydrogen-bond donors (Lipinski definition) is 0. The zero-order chi connectivity index (χ0) is 18.6. The Morgan fingerprint density at radius 3 is 2.30 bits per heavy atom. The molecule has 4 rings (SSSR count). The lowest BCUT2D eigenvalue weighted by Gasteiger charge is -2.37. The van der Waals surface area contributed by atoms with E-state index in [9.17, 15) is 0 Å². The number of aryl methyl sites for hydroxylation is 1. The highest BCUT2D eigenvalue weighted by Crippen LogP contribution is 2.24. The Labute approximate surface area is 159 Å². The van der Waals surface area contributed by atoms with Crippen LogP contribution in [-0.4, -0.2) is 77.5 Å². The summed E-state index contributed by atoms with van der Waals surface area (Å²) in [6.07, 6.45) is 2.46. The van der Waals surface area contributed by atoms with E-state index in [1.165, 1.54) is 0 Å². The van der Waals surface area contributed by atoms with Crippen LogP contribution in [0.1, 0.15) is 31.6 Å². The van der Waals surface area contributed by atoms with E-state index in [-0.39, 0.29) is 6.04 Å². The maximum Gasteiger partial charge on any atom is 0.243 e. The van der Waals surface area contributed by atoms with Crippen molar-refractivity contribution in [1.82, 2.24) is 25.0 Å². The Bertz CT molecular complexity index is 739. The maximum absolute atomic E-state index is 5.43. The molecule has 2 saturated heterocycles. The van der Waals surface area contributed by atoms with Crippen molar-refractivity contribution in [2.45, 2.75) is 26.3 Å². The normalized spacial score (nSPS) is 20.1. The topological polar surface area (TPSA) is 83.7 Å². The molecule has 4 heterocycles. The minimum Gasteiger partial charge on any atom is -0.378 e. The standard InChI is InChI=1S/C18H27N7O2/c1-3-15-21-18(27-22-15)14(2)23-4-6-24(7-5-23)16-12-17(20-13-19-16)25-8-10-26-11-9-25/h12-14H,3-11H2,1-2H3. The van der Waals surface area contributed by atoms with Gasteiger partial charge in [0.1, 0.15) is 18.0 Å². The van der Waals surface area contributed by atoms with E-state index in [4.69, 9.17) is 9.26 Å². The van der Waals surface area contributed by atoms with Crippen molar-refractivity contribution in [2.75, 3.05) is 62.3 Å². The summed E-state index contributed by atoms with van der Waals surface area (Å²) >= 11 is 0. The molecule has 2 aromatic heterocycles. The van der Waals surface area contributed by atoms with Gasteiger partial charge in [0, 0.05) is 51.8 Å². The van der Waals surface area contributed by atoms with E-state index >= 15 is 0 Å². The number of morpholine rings is 1. The maximum atomic E-state index is 5.43. The van der Waals surface area contributed by atoms with Crippen LogP contribution in [0.4, 0.5) is 11.6 Å². The molecule has 2 aromatic rings. The van der Waals surface area contributed by atoms with Gasteiger partial charge in [0.05, 0.1) is 19.3 Å². The molecule has 0 saturated carbocycles. The summed E-state index contributed by atoms with van der Waals surface area (Å²) in [5.74, 6) is 3.45. The first-order valence-electron chi connectivity index (χ1n) is 9.71. The van der Waals surface area contributed by atoms with Crippen molar-refractivity contribution in [1.29, 1.82) is 0 Å². The second-order valence-corrected chi connectivity index (χ2v) is 6.94. The second-order valence-electron chi connectivity index (χ2n) is 6.94. The van der Waals surface area contributed by atoms with Crippen LogP contribution in [0.15, 0.2) is 16.9 Å². The Hall–Kier alpha value is -2.26. The van der Waals surface area contributed by atoms with Crippen LogP contribution in [0.5, 0.6) is 0 Å². The molecule has 27 heavy (non-hydrogen) atoms. The van der Waals surface area contributed by atoms with Crippen molar-refractivity contribution in [3.8, 4) is 0 Å². The molecule has 0 bridgehead atoms. The number of hydrogen-bond acceptors (Lipinski definition) is 9. The summed E-state index contributed by atoms with van der Waals surface area (Å²) < 4.78 is 10.8. The lowest BCUT2D eigenvalue weighted by molar-refractivity contribution is 0.122. The van der Waals surface area contributed by atoms with Gasteiger partial charge in [-0.25, -0.2) is 9.97 Å². The molecule has 1 atom stereocenters. The predicted octanol–water partition coefficient (Wildman–Crippen LogP) is 1.14. The third kappa shape index (κ3) is 4.03. The number of aromatic nitrogens is 4. The van der Waals surface area contributed by atoms with E-state index in [2.05, 4.69) is 47.8 Å². The molecule has 9 heteroatoms. The van der Waals surface area contributed by atoms with Crippen LogP contribution in [0.25, 0.3) is 0 Å². The van der Waals surface area contributed by atoms with Crippen molar-refractivity contribution < 1.29 is 9.26 Å². The quantitative estimate of drug-likeness (QED) is 0.766. The molecule has 0 aliphatic carbocycles. The van der Waals surface area contributed by atoms with Crippen molar-refractivity contribution in [2.24, 2.45) is 0 Å². The minimum absolute atomic E-state index is 0.134. The Balaban J connectivity index is 1.37. The summed E-state index contributed by atoms with van der Waals surface area (Å²) in [6, 6.07) is 2.23. The SMILES string of the molecule is CCc1noc(C(C)N2CCN(c3cc(N4CCOCC4)ncn3)CC2)n1. The molecule has 146 valence electrons. The smallest absolute Gasteiger partial charge is 0.243 e. The third-order valence-electron chi connectivity index (χ3n) is 5.32. The first-order valence-corrected chi connectivity index (χ1v) is 9.71. The fourth-order valence-corrected chi connectivity index (χ4v) is 3.55. The lowest BCUT2D eigenvalue weighted by atomic mass is 10.2. The van der Waals surface area contributed by atoms with Crippen molar-refractivity contribution in [3.05, 3.63) is 24.1 Å². The van der Waals surface area contributed by atoms with Crippen LogP contribution < -0.4 is 9.80 Å². The Morgan fingerprint density at radius 2 is 1.67 bits per heavy atom. The van der Waals surface area contributed by atoms with E-state index in [1.807, 2.05) is 6.92 Å². The lowest BCUT2D eigenvalue weighted by Crippen LogP contribution is -2.47. The van der Waals surface area contributed by atoms with Gasteiger partial charge < -0.3 is 19.1 Å². The molecule has 2 aliphatic rings. The number of anilines is 2. The molecule has 0 amide bonds. The van der Waals surface area contributed by atoms with Crippen molar-refractivity contribution >= 4 is 11.6 Å². The van der Waals surface area contributed by atoms with Gasteiger partial charge in [-0.1, -0.05) is 12.1 Å². The van der Waals surface area contributed by atoms with E-state index in [1.54, 1.807) is 6.33 Å². The molecule has 9 nitrogen and oxygen atoms in total. The molecule has 0 spiro atoms. The van der Waals surface area contributed by atoms with E-state index in [0.29, 0.717) is 5.89 Å². The molecule has 0 radical (unpaired) electrons.